The standard InChI is InChI=1S/C46H61NO5S/c1-30(2)37-19-15-32(4)25-41(37)52-44(50)47(28-34-12-8-7-9-13-34)29-46(51)24-22-40-38-20-17-35(27-39(38)43(49)42-21-16-33(5)53-42)26-36(48)18-14-31(3)11-10-23-45(40,46)6/h7-9,11-13,16-17,20-21,27,30,32,36-37,40-41,48,51H,10,14-15,18-19,22-26,28-29H2,1-6H3. The van der Waals surface area contributed by atoms with Crippen LogP contribution in [0.1, 0.15) is 135 Å². The molecular weight excluding hydrogens is 679 g/mol. The molecule has 7 heteroatoms. The van der Waals surface area contributed by atoms with Gasteiger partial charge in [-0.25, -0.2) is 4.79 Å². The van der Waals surface area contributed by atoms with Crippen LogP contribution in [0.3, 0.4) is 0 Å². The first-order valence-corrected chi connectivity index (χ1v) is 20.9. The van der Waals surface area contributed by atoms with Gasteiger partial charge in [-0.2, -0.15) is 0 Å². The molecule has 1 heterocycles. The minimum Gasteiger partial charge on any atom is -0.446 e. The number of ketones is 1. The van der Waals surface area contributed by atoms with Crippen molar-refractivity contribution in [2.75, 3.05) is 6.54 Å². The van der Waals surface area contributed by atoms with Crippen molar-refractivity contribution in [1.82, 2.24) is 4.90 Å². The average molecular weight is 740 g/mol. The number of thiophene rings is 1. The molecule has 2 N–H and O–H groups in total. The van der Waals surface area contributed by atoms with E-state index in [0.717, 1.165) is 53.7 Å². The third kappa shape index (κ3) is 8.84. The van der Waals surface area contributed by atoms with Crippen LogP contribution in [0, 0.1) is 30.1 Å². The molecular formula is C46H61NO5S. The normalized spacial score (nSPS) is 29.3. The highest BCUT2D eigenvalue weighted by atomic mass is 32.1. The predicted molar refractivity (Wildman–Crippen MR) is 214 cm³/mol. The molecule has 1 amide bonds. The highest BCUT2D eigenvalue weighted by Gasteiger charge is 2.58. The van der Waals surface area contributed by atoms with Crippen molar-refractivity contribution in [1.29, 1.82) is 0 Å². The number of benzene rings is 2. The summed E-state index contributed by atoms with van der Waals surface area (Å²) in [5.41, 5.74) is 2.87. The maximum atomic E-state index is 14.5. The number of allylic oxidation sites excluding steroid dienone is 2. The van der Waals surface area contributed by atoms with Crippen LogP contribution in [-0.4, -0.2) is 51.3 Å². The van der Waals surface area contributed by atoms with E-state index in [1.165, 1.54) is 16.9 Å². The van der Waals surface area contributed by atoms with Gasteiger partial charge in [0.1, 0.15) is 6.10 Å². The zero-order valence-corrected chi connectivity index (χ0v) is 33.6. The Balaban J connectivity index is 1.39. The summed E-state index contributed by atoms with van der Waals surface area (Å²) < 4.78 is 6.48. The molecule has 7 rings (SSSR count). The minimum atomic E-state index is -1.24. The van der Waals surface area contributed by atoms with Gasteiger partial charge in [0.25, 0.3) is 0 Å². The first-order chi connectivity index (χ1) is 25.3. The summed E-state index contributed by atoms with van der Waals surface area (Å²) in [6.07, 6.45) is 8.85. The molecule has 0 spiro atoms. The van der Waals surface area contributed by atoms with Gasteiger partial charge in [0.05, 0.1) is 23.1 Å². The van der Waals surface area contributed by atoms with Crippen molar-refractivity contribution in [3.05, 3.63) is 104 Å². The Morgan fingerprint density at radius 2 is 1.77 bits per heavy atom. The van der Waals surface area contributed by atoms with Gasteiger partial charge in [0, 0.05) is 22.4 Å². The summed E-state index contributed by atoms with van der Waals surface area (Å²) in [7, 11) is 0. The lowest BCUT2D eigenvalue weighted by molar-refractivity contribution is -0.0876. The van der Waals surface area contributed by atoms with Crippen molar-refractivity contribution >= 4 is 23.2 Å². The highest BCUT2D eigenvalue weighted by molar-refractivity contribution is 7.14. The second-order valence-electron chi connectivity index (χ2n) is 17.3. The molecule has 7 unspecified atom stereocenters. The zero-order chi connectivity index (χ0) is 37.9. The van der Waals surface area contributed by atoms with Crippen LogP contribution in [0.4, 0.5) is 4.79 Å². The molecule has 4 aliphatic rings. The van der Waals surface area contributed by atoms with Crippen LogP contribution in [-0.2, 0) is 17.7 Å². The number of carbonyl (C=O) groups is 2. The van der Waals surface area contributed by atoms with E-state index in [-0.39, 0.29) is 30.4 Å². The molecule has 1 aromatic heterocycles. The van der Waals surface area contributed by atoms with Gasteiger partial charge in [-0.15, -0.1) is 11.3 Å². The molecule has 0 aliphatic heterocycles. The first-order valence-electron chi connectivity index (χ1n) is 20.1. The van der Waals surface area contributed by atoms with E-state index < -0.39 is 17.1 Å². The maximum Gasteiger partial charge on any atom is 0.410 e. The molecule has 0 radical (unpaired) electrons. The highest BCUT2D eigenvalue weighted by Crippen LogP contribution is 2.59. The van der Waals surface area contributed by atoms with Crippen molar-refractivity contribution in [2.24, 2.45) is 23.2 Å². The first kappa shape index (κ1) is 39.4. The Bertz CT molecular complexity index is 1760. The van der Waals surface area contributed by atoms with Crippen molar-refractivity contribution in [3.8, 4) is 0 Å². The molecule has 53 heavy (non-hydrogen) atoms. The summed E-state index contributed by atoms with van der Waals surface area (Å²) in [6.45, 7) is 13.5. The molecule has 286 valence electrons. The number of carbonyl (C=O) groups excluding carboxylic acids is 2. The Kier molecular flexibility index (Phi) is 12.4. The average Bonchev–Trinajstić information content (AvgIpc) is 3.66. The van der Waals surface area contributed by atoms with Crippen LogP contribution < -0.4 is 0 Å². The lowest BCUT2D eigenvalue weighted by atomic mass is 9.64. The number of amides is 1. The Labute approximate surface area is 321 Å². The topological polar surface area (TPSA) is 87.1 Å². The number of fused-ring (bicyclic) bond motifs is 8. The summed E-state index contributed by atoms with van der Waals surface area (Å²) in [5.74, 6) is 1.09. The van der Waals surface area contributed by atoms with Gasteiger partial charge in [0.15, 0.2) is 0 Å². The van der Waals surface area contributed by atoms with Crippen LogP contribution in [0.25, 0.3) is 0 Å². The molecule has 7 atom stereocenters. The molecule has 4 aliphatic carbocycles. The number of nitrogens with zero attached hydrogens (tertiary/aromatic N) is 1. The van der Waals surface area contributed by atoms with Gasteiger partial charge in [0.2, 0.25) is 5.78 Å². The zero-order valence-electron chi connectivity index (χ0n) is 32.8. The minimum absolute atomic E-state index is 0.00855. The molecule has 6 nitrogen and oxygen atoms in total. The summed E-state index contributed by atoms with van der Waals surface area (Å²) in [4.78, 5) is 32.3. The number of hydrogen-bond acceptors (Lipinski definition) is 6. The molecule has 2 bridgehead atoms. The number of ether oxygens (including phenoxy) is 1. The van der Waals surface area contributed by atoms with E-state index in [0.29, 0.717) is 66.8 Å². The van der Waals surface area contributed by atoms with Gasteiger partial charge in [-0.1, -0.05) is 88.2 Å². The summed E-state index contributed by atoms with van der Waals surface area (Å²) >= 11 is 1.50. The summed E-state index contributed by atoms with van der Waals surface area (Å²) in [6, 6.07) is 20.1. The number of hydrogen-bond donors (Lipinski definition) is 2. The third-order valence-electron chi connectivity index (χ3n) is 13.0. The van der Waals surface area contributed by atoms with E-state index in [9.17, 15) is 19.8 Å². The number of aryl methyl sites for hydroxylation is 1. The van der Waals surface area contributed by atoms with Crippen molar-refractivity contribution in [3.63, 3.8) is 0 Å². The Morgan fingerprint density at radius 1 is 1.00 bits per heavy atom. The summed E-state index contributed by atoms with van der Waals surface area (Å²) in [5, 5.41) is 24.1. The van der Waals surface area contributed by atoms with Crippen molar-refractivity contribution in [2.45, 2.75) is 136 Å². The Morgan fingerprint density at radius 3 is 2.49 bits per heavy atom. The van der Waals surface area contributed by atoms with E-state index in [2.05, 4.69) is 52.8 Å². The van der Waals surface area contributed by atoms with Crippen LogP contribution >= 0.6 is 11.3 Å². The molecule has 2 fully saturated rings. The fourth-order valence-electron chi connectivity index (χ4n) is 9.64. The molecule has 0 saturated heterocycles. The van der Waals surface area contributed by atoms with Crippen LogP contribution in [0.2, 0.25) is 0 Å². The SMILES string of the molecule is CC1=CCCC2(C)C(CCC2(O)CN(Cc2ccccc2)C(=O)OC2CC(C)CCC2C(C)C)c2ccc(cc2C(=O)c2ccc(C)s2)CC(O)CC1. The quantitative estimate of drug-likeness (QED) is 0.177. The number of aliphatic hydroxyl groups is 2. The van der Waals surface area contributed by atoms with E-state index in [4.69, 9.17) is 4.74 Å². The third-order valence-corrected chi connectivity index (χ3v) is 14.0. The lowest BCUT2D eigenvalue weighted by Gasteiger charge is -2.46. The molecule has 2 aromatic carbocycles. The Hall–Kier alpha value is -3.26. The number of rotatable bonds is 8. The van der Waals surface area contributed by atoms with Gasteiger partial charge < -0.3 is 19.8 Å². The van der Waals surface area contributed by atoms with Crippen LogP contribution in [0.5, 0.6) is 0 Å². The van der Waals surface area contributed by atoms with Gasteiger partial charge in [-0.3, -0.25) is 4.79 Å². The number of aliphatic hydroxyl groups excluding tert-OH is 1. The largest absolute Gasteiger partial charge is 0.446 e. The van der Waals surface area contributed by atoms with E-state index in [1.54, 1.807) is 4.90 Å². The fraction of sp³-hybridized carbons (Fsp3) is 0.565. The monoisotopic (exact) mass is 739 g/mol. The smallest absolute Gasteiger partial charge is 0.410 e. The van der Waals surface area contributed by atoms with Gasteiger partial charge in [-0.05, 0) is 130 Å². The van der Waals surface area contributed by atoms with Crippen LogP contribution in [0.15, 0.2) is 72.3 Å². The molecule has 3 aromatic rings. The second kappa shape index (κ2) is 16.6. The maximum absolute atomic E-state index is 14.5. The fourth-order valence-corrected chi connectivity index (χ4v) is 10.5. The lowest BCUT2D eigenvalue weighted by Crippen LogP contribution is -2.54. The second-order valence-corrected chi connectivity index (χ2v) is 18.6. The predicted octanol–water partition coefficient (Wildman–Crippen LogP) is 10.4. The van der Waals surface area contributed by atoms with E-state index in [1.807, 2.05) is 55.5 Å². The van der Waals surface area contributed by atoms with E-state index >= 15 is 0 Å². The molecule has 2 saturated carbocycles. The van der Waals surface area contributed by atoms with Gasteiger partial charge >= 0.3 is 6.09 Å². The van der Waals surface area contributed by atoms with Crippen molar-refractivity contribution < 1.29 is 24.5 Å².